The molecule has 0 unspecified atom stereocenters. The highest BCUT2D eigenvalue weighted by molar-refractivity contribution is 6.59. The van der Waals surface area contributed by atoms with Gasteiger partial charge < -0.3 is 0 Å². The van der Waals surface area contributed by atoms with Crippen LogP contribution in [0.5, 0.6) is 0 Å². The molecule has 1 aliphatic rings. The summed E-state index contributed by atoms with van der Waals surface area (Å²) in [6, 6.07) is 17.8. The van der Waals surface area contributed by atoms with E-state index in [1.807, 2.05) is 0 Å². The number of hydrogen-bond donors (Lipinski definition) is 0. The summed E-state index contributed by atoms with van der Waals surface area (Å²) in [5.74, 6) is 0. The third kappa shape index (κ3) is 1.84. The van der Waals surface area contributed by atoms with E-state index in [0.29, 0.717) is 5.54 Å². The molecule has 0 nitrogen and oxygen atoms in total. The number of hydrogen-bond acceptors (Lipinski definition) is 0. The Balaban J connectivity index is 0.00000108. The Kier molecular flexibility index (Phi) is 3.41. The molecule has 0 spiro atoms. The average molecular weight is 260 g/mol. The van der Waals surface area contributed by atoms with Crippen molar-refractivity contribution in [2.45, 2.75) is 18.6 Å². The van der Waals surface area contributed by atoms with Crippen LogP contribution in [-0.4, -0.2) is 8.80 Å². The fraction of sp³-hybridized carbons (Fsp3) is 0.200. The molecule has 0 saturated heterocycles. The first-order valence-electron chi connectivity index (χ1n) is 5.77. The van der Waals surface area contributed by atoms with Crippen molar-refractivity contribution >= 4 is 21.2 Å². The normalized spacial score (nSPS) is 13.1. The summed E-state index contributed by atoms with van der Waals surface area (Å²) in [5.41, 5.74) is 6.67. The van der Waals surface area contributed by atoms with E-state index in [9.17, 15) is 0 Å². The Morgan fingerprint density at radius 3 is 1.59 bits per heavy atom. The maximum absolute atomic E-state index is 2.41. The summed E-state index contributed by atoms with van der Waals surface area (Å²) in [7, 11) is -0.336. The monoisotopic (exact) mass is 259 g/mol. The van der Waals surface area contributed by atoms with Crippen molar-refractivity contribution in [1.82, 2.24) is 0 Å². The number of fused-ring (bicyclic) bond motifs is 3. The Bertz CT molecular complexity index is 488. The summed E-state index contributed by atoms with van der Waals surface area (Å²) in [4.78, 5) is 0. The first-order chi connectivity index (χ1) is 7.79. The molecule has 87 valence electrons. The second-order valence-electron chi connectivity index (χ2n) is 4.68. The van der Waals surface area contributed by atoms with Crippen LogP contribution in [-0.2, 0) is 0 Å². The molecule has 1 radical (unpaired) electrons. The fourth-order valence-electron chi connectivity index (χ4n) is 2.78. The highest BCUT2D eigenvalue weighted by Gasteiger charge is 2.30. The molecule has 0 N–H and O–H groups in total. The third-order valence-electron chi connectivity index (χ3n) is 3.41. The molecule has 2 aromatic rings. The van der Waals surface area contributed by atoms with Crippen LogP contribution in [0, 0.1) is 0 Å². The molecule has 0 aliphatic heterocycles. The van der Waals surface area contributed by atoms with Gasteiger partial charge in [0.25, 0.3) is 0 Å². The van der Waals surface area contributed by atoms with Crippen molar-refractivity contribution in [3.05, 3.63) is 59.7 Å². The minimum absolute atomic E-state index is 0. The molecule has 0 heterocycles. The summed E-state index contributed by atoms with van der Waals surface area (Å²) in [6.45, 7) is 4.82. The van der Waals surface area contributed by atoms with Gasteiger partial charge in [0.1, 0.15) is 0 Å². The quantitative estimate of drug-likeness (QED) is 0.661. The van der Waals surface area contributed by atoms with Crippen molar-refractivity contribution in [2.24, 2.45) is 0 Å². The van der Waals surface area contributed by atoms with Gasteiger partial charge in [-0.15, -0.1) is 12.4 Å². The van der Waals surface area contributed by atoms with E-state index in [1.54, 1.807) is 11.1 Å². The van der Waals surface area contributed by atoms with Crippen molar-refractivity contribution in [3.8, 4) is 11.1 Å². The van der Waals surface area contributed by atoms with E-state index in [1.165, 1.54) is 11.1 Å². The first kappa shape index (κ1) is 12.4. The first-order valence-corrected chi connectivity index (χ1v) is 8.35. The van der Waals surface area contributed by atoms with Gasteiger partial charge in [0.05, 0.1) is 8.80 Å². The van der Waals surface area contributed by atoms with Crippen molar-refractivity contribution in [2.75, 3.05) is 0 Å². The highest BCUT2D eigenvalue weighted by atomic mass is 35.5. The zero-order valence-corrected chi connectivity index (χ0v) is 11.9. The van der Waals surface area contributed by atoms with Crippen LogP contribution < -0.4 is 0 Å². The lowest BCUT2D eigenvalue weighted by atomic mass is 10.1. The molecule has 0 atom stereocenters. The molecule has 0 bridgehead atoms. The van der Waals surface area contributed by atoms with Crippen molar-refractivity contribution < 1.29 is 0 Å². The lowest BCUT2D eigenvalue weighted by molar-refractivity contribution is 1.16. The van der Waals surface area contributed by atoms with Gasteiger partial charge in [0.2, 0.25) is 0 Å². The Hall–Kier alpha value is -1.05. The Morgan fingerprint density at radius 2 is 1.18 bits per heavy atom. The van der Waals surface area contributed by atoms with Crippen LogP contribution in [0.15, 0.2) is 48.5 Å². The minimum Gasteiger partial charge on any atom is -0.147 e. The zero-order valence-electron chi connectivity index (χ0n) is 10.1. The molecule has 0 saturated carbocycles. The molecular formula is C15H16ClSi. The SMILES string of the molecule is C[Si](C)C1c2ccccc2-c2ccccc21.Cl. The maximum atomic E-state index is 2.41. The maximum Gasteiger partial charge on any atom is 0.0556 e. The number of halogens is 1. The number of rotatable bonds is 1. The molecular weight excluding hydrogens is 244 g/mol. The van der Waals surface area contributed by atoms with Gasteiger partial charge in [0, 0.05) is 5.54 Å². The largest absolute Gasteiger partial charge is 0.147 e. The van der Waals surface area contributed by atoms with Crippen molar-refractivity contribution in [3.63, 3.8) is 0 Å². The van der Waals surface area contributed by atoms with Gasteiger partial charge in [-0.3, -0.25) is 0 Å². The van der Waals surface area contributed by atoms with Gasteiger partial charge in [0.15, 0.2) is 0 Å². The highest BCUT2D eigenvalue weighted by Crippen LogP contribution is 2.45. The van der Waals surface area contributed by atoms with Gasteiger partial charge in [-0.2, -0.15) is 0 Å². The molecule has 0 fully saturated rings. The topological polar surface area (TPSA) is 0 Å². The standard InChI is InChI=1S/C15H15Si.ClH/c1-16(2)15-13-9-5-3-7-11(13)12-8-4-6-10-14(12)15;/h3-10,15H,1-2H3;1H. The molecule has 2 heteroatoms. The van der Waals surface area contributed by atoms with Crippen LogP contribution in [0.3, 0.4) is 0 Å². The van der Waals surface area contributed by atoms with E-state index in [-0.39, 0.29) is 21.2 Å². The van der Waals surface area contributed by atoms with Gasteiger partial charge in [-0.25, -0.2) is 0 Å². The molecule has 1 aliphatic carbocycles. The predicted octanol–water partition coefficient (Wildman–Crippen LogP) is 4.51. The van der Waals surface area contributed by atoms with Crippen LogP contribution in [0.4, 0.5) is 0 Å². The second-order valence-corrected chi connectivity index (χ2v) is 7.42. The summed E-state index contributed by atoms with van der Waals surface area (Å²) < 4.78 is 0. The van der Waals surface area contributed by atoms with E-state index < -0.39 is 0 Å². The molecule has 0 amide bonds. The average Bonchev–Trinajstić information content (AvgIpc) is 2.63. The lowest BCUT2D eigenvalue weighted by Gasteiger charge is -2.16. The lowest BCUT2D eigenvalue weighted by Crippen LogP contribution is -2.14. The molecule has 0 aromatic heterocycles. The van der Waals surface area contributed by atoms with Gasteiger partial charge in [-0.1, -0.05) is 61.6 Å². The van der Waals surface area contributed by atoms with Crippen LogP contribution in [0.25, 0.3) is 11.1 Å². The minimum atomic E-state index is -0.336. The van der Waals surface area contributed by atoms with E-state index >= 15 is 0 Å². The third-order valence-corrected chi connectivity index (χ3v) is 5.19. The number of benzene rings is 2. The van der Waals surface area contributed by atoms with Gasteiger partial charge in [-0.05, 0) is 22.3 Å². The van der Waals surface area contributed by atoms with Gasteiger partial charge >= 0.3 is 0 Å². The smallest absolute Gasteiger partial charge is 0.0556 e. The van der Waals surface area contributed by atoms with Crippen LogP contribution in [0.2, 0.25) is 13.1 Å². The van der Waals surface area contributed by atoms with E-state index in [4.69, 9.17) is 0 Å². The molecule has 2 aromatic carbocycles. The fourth-order valence-corrected chi connectivity index (χ4v) is 4.53. The second kappa shape index (κ2) is 4.67. The van der Waals surface area contributed by atoms with E-state index in [2.05, 4.69) is 61.6 Å². The molecule has 17 heavy (non-hydrogen) atoms. The zero-order chi connectivity index (χ0) is 11.1. The molecule has 3 rings (SSSR count). The van der Waals surface area contributed by atoms with Crippen LogP contribution in [0.1, 0.15) is 16.7 Å². The predicted molar refractivity (Wildman–Crippen MR) is 78.5 cm³/mol. The Labute approximate surface area is 111 Å². The Morgan fingerprint density at radius 1 is 0.765 bits per heavy atom. The summed E-state index contributed by atoms with van der Waals surface area (Å²) in [5, 5.41) is 0. The van der Waals surface area contributed by atoms with Crippen LogP contribution >= 0.6 is 12.4 Å². The van der Waals surface area contributed by atoms with Crippen molar-refractivity contribution in [1.29, 1.82) is 0 Å². The summed E-state index contributed by atoms with van der Waals surface area (Å²) in [6.07, 6.45) is 0. The summed E-state index contributed by atoms with van der Waals surface area (Å²) >= 11 is 0. The van der Waals surface area contributed by atoms with E-state index in [0.717, 1.165) is 0 Å².